The molecule has 1 amide bonds. The first-order chi connectivity index (χ1) is 13.7. The van der Waals surface area contributed by atoms with Gasteiger partial charge in [-0.3, -0.25) is 4.79 Å². The highest BCUT2D eigenvalue weighted by atomic mass is 35.5. The molecule has 6 nitrogen and oxygen atoms in total. The second kappa shape index (κ2) is 16.0. The summed E-state index contributed by atoms with van der Waals surface area (Å²) >= 11 is 6.15. The summed E-state index contributed by atoms with van der Waals surface area (Å²) in [6.45, 7) is 12.4. The highest BCUT2D eigenvalue weighted by Gasteiger charge is 2.40. The van der Waals surface area contributed by atoms with E-state index in [9.17, 15) is 4.79 Å². The van der Waals surface area contributed by atoms with Crippen molar-refractivity contribution in [3.63, 3.8) is 0 Å². The number of piperidine rings is 1. The van der Waals surface area contributed by atoms with Gasteiger partial charge in [-0.15, -0.1) is 0 Å². The van der Waals surface area contributed by atoms with Gasteiger partial charge in [-0.05, 0) is 68.2 Å². The van der Waals surface area contributed by atoms with E-state index in [0.717, 1.165) is 68.6 Å². The van der Waals surface area contributed by atoms with Crippen LogP contribution in [0.5, 0.6) is 0 Å². The maximum atomic E-state index is 10.8. The first-order valence-corrected chi connectivity index (χ1v) is 12.1. The second-order valence-corrected chi connectivity index (χ2v) is 10.9. The normalized spacial score (nSPS) is 26.3. The molecule has 0 bridgehead atoms. The Bertz CT molecular complexity index is 536. The average molecular weight is 479 g/mol. The second-order valence-electron chi connectivity index (χ2n) is 10.4. The number of halogens is 1. The number of hydrogen-bond donors (Lipinski definition) is 2. The van der Waals surface area contributed by atoms with Crippen LogP contribution in [0.4, 0.5) is 0 Å². The summed E-state index contributed by atoms with van der Waals surface area (Å²) in [7, 11) is 0. The number of likely N-dealkylation sites (tertiary alicyclic amines) is 1. The van der Waals surface area contributed by atoms with Gasteiger partial charge in [-0.25, -0.2) is 0 Å². The van der Waals surface area contributed by atoms with Gasteiger partial charge >= 0.3 is 0 Å². The minimum atomic E-state index is 0. The van der Waals surface area contributed by atoms with Gasteiger partial charge in [0.1, 0.15) is 0 Å². The van der Waals surface area contributed by atoms with Crippen molar-refractivity contribution in [3.8, 4) is 0 Å². The van der Waals surface area contributed by atoms with Crippen molar-refractivity contribution >= 4 is 18.0 Å². The molecule has 6 N–H and O–H groups in total. The molecule has 2 fully saturated rings. The molecule has 0 radical (unpaired) electrons. The number of rotatable bonds is 6. The third-order valence-electron chi connectivity index (χ3n) is 7.22. The number of nitrogens with zero attached hydrogens (tertiary/aromatic N) is 1. The zero-order valence-electron chi connectivity index (χ0n) is 20.0. The van der Waals surface area contributed by atoms with E-state index in [1.54, 1.807) is 0 Å². The fourth-order valence-corrected chi connectivity index (χ4v) is 5.63. The molecule has 1 saturated heterocycles. The first-order valence-electron chi connectivity index (χ1n) is 11.7. The maximum absolute atomic E-state index is 10.8. The molecular weight excluding hydrogens is 428 g/mol. The maximum Gasteiger partial charge on any atom is 0.207 e. The van der Waals surface area contributed by atoms with Gasteiger partial charge in [0.2, 0.25) is 6.41 Å². The van der Waals surface area contributed by atoms with Crippen molar-refractivity contribution in [2.24, 2.45) is 23.2 Å². The molecule has 2 unspecified atom stereocenters. The Morgan fingerprint density at radius 2 is 1.84 bits per heavy atom. The predicted octanol–water partition coefficient (Wildman–Crippen LogP) is 3.94. The topological polar surface area (TPSA) is 116 Å². The van der Waals surface area contributed by atoms with E-state index in [1.807, 2.05) is 0 Å². The van der Waals surface area contributed by atoms with Crippen molar-refractivity contribution in [1.29, 1.82) is 0 Å². The minimum absolute atomic E-state index is 0. The summed E-state index contributed by atoms with van der Waals surface area (Å²) in [5, 5.41) is 12.8. The molecule has 192 valence electrons. The van der Waals surface area contributed by atoms with Crippen LogP contribution in [-0.4, -0.2) is 59.1 Å². The summed E-state index contributed by atoms with van der Waals surface area (Å²) in [6.07, 6.45) is 12.4. The lowest BCUT2D eigenvalue weighted by molar-refractivity contribution is -0.110. The fraction of sp³-hybridized carbons (Fsp3) is 0.880. The monoisotopic (exact) mass is 478 g/mol. The van der Waals surface area contributed by atoms with Gasteiger partial charge < -0.3 is 26.3 Å². The van der Waals surface area contributed by atoms with E-state index in [1.165, 1.54) is 25.7 Å². The summed E-state index contributed by atoms with van der Waals surface area (Å²) in [5.41, 5.74) is 0.323. The van der Waals surface area contributed by atoms with Crippen LogP contribution in [0.2, 0.25) is 0 Å². The van der Waals surface area contributed by atoms with E-state index in [4.69, 9.17) is 16.7 Å². The Morgan fingerprint density at radius 1 is 1.22 bits per heavy atom. The van der Waals surface area contributed by atoms with Crippen LogP contribution in [-0.2, 0) is 4.79 Å². The highest BCUT2D eigenvalue weighted by Crippen LogP contribution is 2.44. The van der Waals surface area contributed by atoms with Crippen LogP contribution in [0.15, 0.2) is 11.1 Å². The molecule has 3 rings (SSSR count). The number of carbonyl (C=O) groups excluding carboxylic acids is 1. The molecule has 3 atom stereocenters. The largest absolute Gasteiger partial charge is 0.412 e. The number of nitrogens with one attached hydrogen (secondary N) is 1. The van der Waals surface area contributed by atoms with Crippen LogP contribution >= 0.6 is 11.6 Å². The number of carbonyl (C=O) groups is 1. The smallest absolute Gasteiger partial charge is 0.207 e. The molecule has 0 aromatic heterocycles. The molecule has 0 aromatic carbocycles. The quantitative estimate of drug-likeness (QED) is 0.563. The third kappa shape index (κ3) is 10.5. The zero-order chi connectivity index (χ0) is 21.4. The number of hydrogen-bond acceptors (Lipinski definition) is 3. The van der Waals surface area contributed by atoms with Crippen molar-refractivity contribution in [3.05, 3.63) is 11.1 Å². The Labute approximate surface area is 201 Å². The van der Waals surface area contributed by atoms with Gasteiger partial charge in [-0.1, -0.05) is 65.6 Å². The van der Waals surface area contributed by atoms with Crippen LogP contribution < -0.4 is 5.32 Å². The Hall–Kier alpha value is -0.660. The van der Waals surface area contributed by atoms with Gasteiger partial charge in [-0.2, -0.15) is 0 Å². The van der Waals surface area contributed by atoms with E-state index in [0.29, 0.717) is 11.3 Å². The van der Waals surface area contributed by atoms with Crippen molar-refractivity contribution in [1.82, 2.24) is 10.2 Å². The Morgan fingerprint density at radius 3 is 2.25 bits per heavy atom. The molecule has 32 heavy (non-hydrogen) atoms. The van der Waals surface area contributed by atoms with Crippen molar-refractivity contribution in [2.75, 3.05) is 19.6 Å². The number of aliphatic hydroxyl groups excluding tert-OH is 1. The summed E-state index contributed by atoms with van der Waals surface area (Å²) in [5.74, 6) is 2.02. The van der Waals surface area contributed by atoms with E-state index < -0.39 is 0 Å². The average Bonchev–Trinajstić information content (AvgIpc) is 3.13. The first kappa shape index (κ1) is 33.5. The van der Waals surface area contributed by atoms with E-state index in [-0.39, 0.29) is 30.5 Å². The molecule has 2 aliphatic carbocycles. The van der Waals surface area contributed by atoms with Crippen molar-refractivity contribution < 1.29 is 20.9 Å². The Kier molecular flexibility index (Phi) is 16.8. The number of aliphatic hydroxyl groups is 1. The molecule has 1 heterocycles. The lowest BCUT2D eigenvalue weighted by Crippen LogP contribution is -2.52. The highest BCUT2D eigenvalue weighted by molar-refractivity contribution is 6.29. The molecule has 7 heteroatoms. The van der Waals surface area contributed by atoms with Gasteiger partial charge in [0.25, 0.3) is 0 Å². The number of amides is 1. The fourth-order valence-electron chi connectivity index (χ4n) is 5.43. The molecule has 1 aliphatic heterocycles. The van der Waals surface area contributed by atoms with Crippen LogP contribution in [0.3, 0.4) is 0 Å². The SMILES string of the molecule is C.CC(C)[C@H](CN1CCC(C2CC=C(Cl)CC2)C(C)(C)C1)NC=O.O.O.OC1CCCC1. The molecular formula is C25H51ClN2O4. The van der Waals surface area contributed by atoms with Gasteiger partial charge in [0.15, 0.2) is 0 Å². The van der Waals surface area contributed by atoms with Gasteiger partial charge in [0.05, 0.1) is 6.10 Å². The summed E-state index contributed by atoms with van der Waals surface area (Å²) in [6, 6.07) is 0.247. The molecule has 3 aliphatic rings. The summed E-state index contributed by atoms with van der Waals surface area (Å²) < 4.78 is 0. The lowest BCUT2D eigenvalue weighted by atomic mass is 9.65. The van der Waals surface area contributed by atoms with Crippen molar-refractivity contribution in [2.45, 2.75) is 98.6 Å². The van der Waals surface area contributed by atoms with E-state index >= 15 is 0 Å². The molecule has 0 spiro atoms. The van der Waals surface area contributed by atoms with Gasteiger partial charge in [0, 0.05) is 24.2 Å². The molecule has 1 saturated carbocycles. The zero-order valence-corrected chi connectivity index (χ0v) is 20.8. The summed E-state index contributed by atoms with van der Waals surface area (Å²) in [4.78, 5) is 13.4. The minimum Gasteiger partial charge on any atom is -0.412 e. The lowest BCUT2D eigenvalue weighted by Gasteiger charge is -2.49. The standard InChI is InChI=1S/C19H33ClN2O.C5H10O.CH4.2H2O/c1-14(2)18(21-13-23)11-22-10-9-17(19(3,4)12-22)15-5-7-16(20)8-6-15;6-5-3-1-2-4-5;;;/h7,13-15,17-18H,5-6,8-12H2,1-4H3,(H,21,23);5-6H,1-4H2;1H4;2*1H2/t15?,17?,18-;;;;/m0..../s1. The Balaban J connectivity index is 0. The van der Waals surface area contributed by atoms with Crippen LogP contribution in [0, 0.1) is 23.2 Å². The predicted molar refractivity (Wildman–Crippen MR) is 136 cm³/mol. The number of allylic oxidation sites excluding steroid dienone is 2. The van der Waals surface area contributed by atoms with Crippen LogP contribution in [0.1, 0.15) is 86.5 Å². The molecule has 0 aromatic rings. The van der Waals surface area contributed by atoms with E-state index in [2.05, 4.69) is 44.0 Å². The third-order valence-corrected chi connectivity index (χ3v) is 7.57. The van der Waals surface area contributed by atoms with Crippen LogP contribution in [0.25, 0.3) is 0 Å².